The van der Waals surface area contributed by atoms with Gasteiger partial charge in [-0.1, -0.05) is 18.2 Å². The number of benzene rings is 2. The standard InChI is InChI=1S/C20H21FN2O2S/c1-22-12-4-5-17(22)13-15-14-23(20-7-3-2-6-19(15)20)26(24,25)18-10-8-16(21)9-11-18/h2-3,6-11,14,17H,4-5,12-13H2,1H3. The van der Waals surface area contributed by atoms with Gasteiger partial charge in [-0.25, -0.2) is 16.8 Å². The first kappa shape index (κ1) is 17.2. The molecule has 1 fully saturated rings. The lowest BCUT2D eigenvalue weighted by atomic mass is 10.0. The summed E-state index contributed by atoms with van der Waals surface area (Å²) in [7, 11) is -1.66. The number of likely N-dealkylation sites (N-methyl/N-ethyl adjacent to an activating group) is 1. The number of aromatic nitrogens is 1. The fourth-order valence-electron chi connectivity index (χ4n) is 3.79. The van der Waals surface area contributed by atoms with E-state index >= 15 is 0 Å². The quantitative estimate of drug-likeness (QED) is 0.702. The van der Waals surface area contributed by atoms with Gasteiger partial charge in [-0.2, -0.15) is 0 Å². The van der Waals surface area contributed by atoms with Gasteiger partial charge < -0.3 is 4.90 Å². The van der Waals surface area contributed by atoms with E-state index in [0.717, 1.165) is 30.3 Å². The third kappa shape index (κ3) is 2.93. The Labute approximate surface area is 152 Å². The fourth-order valence-corrected chi connectivity index (χ4v) is 5.18. The highest BCUT2D eigenvalue weighted by atomic mass is 32.2. The van der Waals surface area contributed by atoms with E-state index in [1.807, 2.05) is 24.3 Å². The maximum Gasteiger partial charge on any atom is 0.268 e. The molecule has 0 bridgehead atoms. The van der Waals surface area contributed by atoms with Crippen molar-refractivity contribution in [3.05, 3.63) is 66.1 Å². The summed E-state index contributed by atoms with van der Waals surface area (Å²) in [6.45, 7) is 1.08. The van der Waals surface area contributed by atoms with Gasteiger partial charge in [-0.3, -0.25) is 0 Å². The predicted octanol–water partition coefficient (Wildman–Crippen LogP) is 3.65. The lowest BCUT2D eigenvalue weighted by Gasteiger charge is -2.18. The summed E-state index contributed by atoms with van der Waals surface area (Å²) < 4.78 is 40.7. The molecular weight excluding hydrogens is 351 g/mol. The van der Waals surface area contributed by atoms with Crippen LogP contribution in [0.1, 0.15) is 18.4 Å². The minimum absolute atomic E-state index is 0.0872. The number of likely N-dealkylation sites (tertiary alicyclic amines) is 1. The SMILES string of the molecule is CN1CCCC1Cc1cn(S(=O)(=O)c2ccc(F)cc2)c2ccccc12. The molecule has 0 radical (unpaired) electrons. The summed E-state index contributed by atoms with van der Waals surface area (Å²) in [6, 6.07) is 13.0. The second kappa shape index (κ2) is 6.52. The van der Waals surface area contributed by atoms with E-state index in [1.54, 1.807) is 6.20 Å². The Hall–Kier alpha value is -2.18. The van der Waals surface area contributed by atoms with Gasteiger partial charge >= 0.3 is 0 Å². The van der Waals surface area contributed by atoms with Crippen molar-refractivity contribution in [2.75, 3.05) is 13.6 Å². The minimum atomic E-state index is -3.77. The third-order valence-corrected chi connectivity index (χ3v) is 6.95. The van der Waals surface area contributed by atoms with Crippen LogP contribution in [0.5, 0.6) is 0 Å². The van der Waals surface area contributed by atoms with Crippen molar-refractivity contribution >= 4 is 20.9 Å². The number of hydrogen-bond acceptors (Lipinski definition) is 3. The van der Waals surface area contributed by atoms with E-state index in [9.17, 15) is 12.8 Å². The van der Waals surface area contributed by atoms with Crippen LogP contribution in [-0.4, -0.2) is 36.9 Å². The topological polar surface area (TPSA) is 42.3 Å². The van der Waals surface area contributed by atoms with E-state index in [2.05, 4.69) is 11.9 Å². The van der Waals surface area contributed by atoms with Crippen LogP contribution < -0.4 is 0 Å². The molecule has 0 amide bonds. The molecule has 4 rings (SSSR count). The second-order valence-corrected chi connectivity index (χ2v) is 8.72. The molecule has 2 heterocycles. The zero-order valence-electron chi connectivity index (χ0n) is 14.6. The van der Waals surface area contributed by atoms with Crippen LogP contribution in [0.25, 0.3) is 10.9 Å². The molecule has 1 unspecified atom stereocenters. The third-order valence-electron chi connectivity index (χ3n) is 5.26. The van der Waals surface area contributed by atoms with E-state index in [1.165, 1.54) is 34.7 Å². The van der Waals surface area contributed by atoms with Crippen molar-refractivity contribution in [2.24, 2.45) is 0 Å². The first-order chi connectivity index (χ1) is 12.5. The lowest BCUT2D eigenvalue weighted by Crippen LogP contribution is -2.26. The largest absolute Gasteiger partial charge is 0.303 e. The van der Waals surface area contributed by atoms with Crippen LogP contribution >= 0.6 is 0 Å². The number of halogens is 1. The predicted molar refractivity (Wildman–Crippen MR) is 100 cm³/mol. The fraction of sp³-hybridized carbons (Fsp3) is 0.300. The number of fused-ring (bicyclic) bond motifs is 1. The maximum absolute atomic E-state index is 13.2. The van der Waals surface area contributed by atoms with Gasteiger partial charge in [0.2, 0.25) is 0 Å². The number of rotatable bonds is 4. The molecule has 1 aliphatic rings. The van der Waals surface area contributed by atoms with Crippen LogP contribution in [0.4, 0.5) is 4.39 Å². The molecule has 1 aromatic heterocycles. The Morgan fingerprint density at radius 3 is 2.54 bits per heavy atom. The van der Waals surface area contributed by atoms with E-state index in [0.29, 0.717) is 11.6 Å². The van der Waals surface area contributed by atoms with Crippen molar-refractivity contribution in [3.8, 4) is 0 Å². The van der Waals surface area contributed by atoms with Gasteiger partial charge in [0.05, 0.1) is 10.4 Å². The van der Waals surface area contributed by atoms with Gasteiger partial charge in [0, 0.05) is 17.6 Å². The van der Waals surface area contributed by atoms with Gasteiger partial charge in [0.1, 0.15) is 5.82 Å². The number of nitrogens with zero attached hydrogens (tertiary/aromatic N) is 2. The molecule has 3 aromatic rings. The lowest BCUT2D eigenvalue weighted by molar-refractivity contribution is 0.310. The number of para-hydroxylation sites is 1. The van der Waals surface area contributed by atoms with Gasteiger partial charge in [0.15, 0.2) is 0 Å². The van der Waals surface area contributed by atoms with Gasteiger partial charge in [0.25, 0.3) is 10.0 Å². The van der Waals surface area contributed by atoms with Crippen LogP contribution in [0.2, 0.25) is 0 Å². The zero-order chi connectivity index (χ0) is 18.3. The van der Waals surface area contributed by atoms with Gasteiger partial charge in [-0.15, -0.1) is 0 Å². The summed E-state index contributed by atoms with van der Waals surface area (Å²) in [6.07, 6.45) is 4.85. The molecule has 0 saturated carbocycles. The molecule has 0 N–H and O–H groups in total. The minimum Gasteiger partial charge on any atom is -0.303 e. The van der Waals surface area contributed by atoms with E-state index in [4.69, 9.17) is 0 Å². The molecule has 1 atom stereocenters. The van der Waals surface area contributed by atoms with E-state index < -0.39 is 15.8 Å². The maximum atomic E-state index is 13.2. The van der Waals surface area contributed by atoms with Crippen LogP contribution in [-0.2, 0) is 16.4 Å². The first-order valence-corrected chi connectivity index (χ1v) is 10.2. The van der Waals surface area contributed by atoms with Crippen LogP contribution in [0.15, 0.2) is 59.6 Å². The summed E-state index contributed by atoms with van der Waals surface area (Å²) in [5.41, 5.74) is 1.69. The van der Waals surface area contributed by atoms with Crippen molar-refractivity contribution in [3.63, 3.8) is 0 Å². The molecule has 4 nitrogen and oxygen atoms in total. The molecule has 6 heteroatoms. The average Bonchev–Trinajstić information content (AvgIpc) is 3.20. The Kier molecular flexibility index (Phi) is 4.32. The zero-order valence-corrected chi connectivity index (χ0v) is 15.4. The van der Waals surface area contributed by atoms with Crippen LogP contribution in [0, 0.1) is 5.82 Å². The van der Waals surface area contributed by atoms with Crippen LogP contribution in [0.3, 0.4) is 0 Å². The summed E-state index contributed by atoms with van der Waals surface area (Å²) in [5.74, 6) is -0.453. The Balaban J connectivity index is 1.81. The Bertz CT molecular complexity index is 1040. The Morgan fingerprint density at radius 2 is 1.85 bits per heavy atom. The smallest absolute Gasteiger partial charge is 0.268 e. The summed E-state index contributed by atoms with van der Waals surface area (Å²) in [4.78, 5) is 2.42. The van der Waals surface area contributed by atoms with Gasteiger partial charge in [-0.05, 0) is 68.8 Å². The molecule has 1 aliphatic heterocycles. The molecule has 2 aromatic carbocycles. The van der Waals surface area contributed by atoms with Crippen molar-refractivity contribution in [1.29, 1.82) is 0 Å². The second-order valence-electron chi connectivity index (χ2n) is 6.91. The van der Waals surface area contributed by atoms with E-state index in [-0.39, 0.29) is 4.90 Å². The highest BCUT2D eigenvalue weighted by Crippen LogP contribution is 2.29. The first-order valence-electron chi connectivity index (χ1n) is 8.77. The Morgan fingerprint density at radius 1 is 1.12 bits per heavy atom. The molecular formula is C20H21FN2O2S. The highest BCUT2D eigenvalue weighted by molar-refractivity contribution is 7.90. The normalized spacial score (nSPS) is 18.6. The molecule has 136 valence electrons. The van der Waals surface area contributed by atoms with Crippen molar-refractivity contribution < 1.29 is 12.8 Å². The summed E-state index contributed by atoms with van der Waals surface area (Å²) in [5, 5.41) is 0.957. The molecule has 0 aliphatic carbocycles. The summed E-state index contributed by atoms with van der Waals surface area (Å²) >= 11 is 0. The molecule has 26 heavy (non-hydrogen) atoms. The average molecular weight is 372 g/mol. The van der Waals surface area contributed by atoms with Crippen molar-refractivity contribution in [2.45, 2.75) is 30.2 Å². The number of hydrogen-bond donors (Lipinski definition) is 0. The highest BCUT2D eigenvalue weighted by Gasteiger charge is 2.25. The van der Waals surface area contributed by atoms with Crippen molar-refractivity contribution in [1.82, 2.24) is 8.87 Å². The monoisotopic (exact) mass is 372 g/mol. The molecule has 0 spiro atoms. The molecule has 1 saturated heterocycles.